The maximum atomic E-state index is 10.7. The quantitative estimate of drug-likeness (QED) is 0.879. The fourth-order valence-electron chi connectivity index (χ4n) is 2.81. The Morgan fingerprint density at radius 3 is 2.86 bits per heavy atom. The van der Waals surface area contributed by atoms with Crippen molar-refractivity contribution in [3.63, 3.8) is 0 Å². The molecule has 0 radical (unpaired) electrons. The van der Waals surface area contributed by atoms with Crippen LogP contribution in [0.25, 0.3) is 0 Å². The Balaban J connectivity index is 1.68. The van der Waals surface area contributed by atoms with Gasteiger partial charge in [0, 0.05) is 18.9 Å². The van der Waals surface area contributed by atoms with Gasteiger partial charge >= 0.3 is 5.97 Å². The molecule has 0 aliphatic heterocycles. The first-order chi connectivity index (χ1) is 10.1. The number of carboxylic acid groups (broad SMARTS) is 1. The van der Waals surface area contributed by atoms with E-state index in [0.29, 0.717) is 18.4 Å². The van der Waals surface area contributed by atoms with Crippen LogP contribution in [0.1, 0.15) is 43.0 Å². The molecular formula is C15H18N4O2. The first-order valence-electron chi connectivity index (χ1n) is 7.18. The molecule has 6 heteroatoms. The van der Waals surface area contributed by atoms with Crippen LogP contribution in [0.15, 0.2) is 30.3 Å². The van der Waals surface area contributed by atoms with Crippen molar-refractivity contribution in [3.8, 4) is 0 Å². The Bertz CT molecular complexity index is 626. The van der Waals surface area contributed by atoms with Crippen LogP contribution >= 0.6 is 0 Å². The number of aromatic nitrogens is 4. The Kier molecular flexibility index (Phi) is 3.68. The van der Waals surface area contributed by atoms with E-state index in [0.717, 1.165) is 12.2 Å². The summed E-state index contributed by atoms with van der Waals surface area (Å²) in [6.45, 7) is 2.45. The van der Waals surface area contributed by atoms with E-state index in [1.807, 2.05) is 25.1 Å². The largest absolute Gasteiger partial charge is 0.481 e. The molecule has 0 bridgehead atoms. The van der Waals surface area contributed by atoms with Crippen LogP contribution in [0.3, 0.4) is 0 Å². The van der Waals surface area contributed by atoms with Crippen molar-refractivity contribution >= 4 is 5.97 Å². The summed E-state index contributed by atoms with van der Waals surface area (Å²) in [4.78, 5) is 10.7. The van der Waals surface area contributed by atoms with Crippen molar-refractivity contribution in [2.24, 2.45) is 5.92 Å². The molecule has 3 unspecified atom stereocenters. The summed E-state index contributed by atoms with van der Waals surface area (Å²) in [7, 11) is 0. The molecule has 1 aromatic carbocycles. The van der Waals surface area contributed by atoms with Gasteiger partial charge in [-0.15, -0.1) is 5.10 Å². The fraction of sp³-hybridized carbons (Fsp3) is 0.467. The second kappa shape index (κ2) is 5.63. The van der Waals surface area contributed by atoms with Crippen molar-refractivity contribution in [2.75, 3.05) is 0 Å². The SMILES string of the molecule is CC(CC(=O)O)Cn1nnnc1C1CC1c1ccccc1. The number of nitrogens with zero attached hydrogens (tertiary/aromatic N) is 4. The zero-order valence-electron chi connectivity index (χ0n) is 11.9. The first-order valence-corrected chi connectivity index (χ1v) is 7.18. The number of aliphatic carboxylic acids is 1. The maximum absolute atomic E-state index is 10.7. The lowest BCUT2D eigenvalue weighted by molar-refractivity contribution is -0.138. The molecule has 1 N–H and O–H groups in total. The predicted molar refractivity (Wildman–Crippen MR) is 75.8 cm³/mol. The van der Waals surface area contributed by atoms with Crippen molar-refractivity contribution in [1.29, 1.82) is 0 Å². The molecule has 1 heterocycles. The summed E-state index contributed by atoms with van der Waals surface area (Å²) in [5.41, 5.74) is 1.32. The molecule has 3 rings (SSSR count). The number of tetrazole rings is 1. The third-order valence-corrected chi connectivity index (χ3v) is 3.92. The molecule has 6 nitrogen and oxygen atoms in total. The van der Waals surface area contributed by atoms with Crippen LogP contribution in [0.2, 0.25) is 0 Å². The third kappa shape index (κ3) is 3.09. The van der Waals surface area contributed by atoms with Crippen LogP contribution in [-0.2, 0) is 11.3 Å². The molecule has 21 heavy (non-hydrogen) atoms. The molecular weight excluding hydrogens is 268 g/mol. The molecule has 1 aliphatic rings. The fourth-order valence-corrected chi connectivity index (χ4v) is 2.81. The number of carbonyl (C=O) groups is 1. The Morgan fingerprint density at radius 1 is 1.38 bits per heavy atom. The van der Waals surface area contributed by atoms with Gasteiger partial charge in [-0.1, -0.05) is 37.3 Å². The Hall–Kier alpha value is -2.24. The van der Waals surface area contributed by atoms with Gasteiger partial charge in [0.15, 0.2) is 5.82 Å². The van der Waals surface area contributed by atoms with Gasteiger partial charge in [0.25, 0.3) is 0 Å². The molecule has 0 saturated heterocycles. The van der Waals surface area contributed by atoms with E-state index in [1.54, 1.807) is 4.68 Å². The highest BCUT2D eigenvalue weighted by Crippen LogP contribution is 2.53. The first kappa shape index (κ1) is 13.7. The summed E-state index contributed by atoms with van der Waals surface area (Å²) in [5, 5.41) is 20.7. The highest BCUT2D eigenvalue weighted by molar-refractivity contribution is 5.66. The van der Waals surface area contributed by atoms with Gasteiger partial charge in [0.05, 0.1) is 0 Å². The van der Waals surface area contributed by atoms with Gasteiger partial charge in [-0.2, -0.15) is 0 Å². The lowest BCUT2D eigenvalue weighted by Gasteiger charge is -2.09. The summed E-state index contributed by atoms with van der Waals surface area (Å²) in [5.74, 6) is 0.927. The normalized spacial score (nSPS) is 22.0. The molecule has 2 aromatic rings. The van der Waals surface area contributed by atoms with Crippen molar-refractivity contribution in [3.05, 3.63) is 41.7 Å². The van der Waals surface area contributed by atoms with E-state index in [4.69, 9.17) is 5.11 Å². The molecule has 0 spiro atoms. The van der Waals surface area contributed by atoms with Crippen LogP contribution < -0.4 is 0 Å². The third-order valence-electron chi connectivity index (χ3n) is 3.92. The van der Waals surface area contributed by atoms with Gasteiger partial charge in [0.2, 0.25) is 0 Å². The number of hydrogen-bond donors (Lipinski definition) is 1. The van der Waals surface area contributed by atoms with E-state index in [2.05, 4.69) is 27.7 Å². The summed E-state index contributed by atoms with van der Waals surface area (Å²) in [6.07, 6.45) is 1.18. The van der Waals surface area contributed by atoms with Gasteiger partial charge in [0.1, 0.15) is 0 Å². The monoisotopic (exact) mass is 286 g/mol. The summed E-state index contributed by atoms with van der Waals surface area (Å²) in [6, 6.07) is 10.4. The topological polar surface area (TPSA) is 80.9 Å². The number of carboxylic acids is 1. The number of rotatable bonds is 6. The highest BCUT2D eigenvalue weighted by atomic mass is 16.4. The minimum absolute atomic E-state index is 0.0127. The van der Waals surface area contributed by atoms with E-state index in [1.165, 1.54) is 5.56 Å². The minimum atomic E-state index is -0.786. The second-order valence-corrected chi connectivity index (χ2v) is 5.78. The zero-order valence-corrected chi connectivity index (χ0v) is 11.9. The lowest BCUT2D eigenvalue weighted by atomic mass is 10.1. The Morgan fingerprint density at radius 2 is 2.14 bits per heavy atom. The minimum Gasteiger partial charge on any atom is -0.481 e. The molecule has 1 aliphatic carbocycles. The predicted octanol–water partition coefficient (Wildman–Crippen LogP) is 2.05. The molecule has 110 valence electrons. The average Bonchev–Trinajstić information content (AvgIpc) is 3.12. The summed E-state index contributed by atoms with van der Waals surface area (Å²) < 4.78 is 1.77. The van der Waals surface area contributed by atoms with Gasteiger partial charge in [-0.25, -0.2) is 4.68 Å². The van der Waals surface area contributed by atoms with Gasteiger partial charge in [-0.3, -0.25) is 4.79 Å². The number of hydrogen-bond acceptors (Lipinski definition) is 4. The second-order valence-electron chi connectivity index (χ2n) is 5.78. The van der Waals surface area contributed by atoms with Crippen LogP contribution in [0.4, 0.5) is 0 Å². The van der Waals surface area contributed by atoms with E-state index >= 15 is 0 Å². The maximum Gasteiger partial charge on any atom is 0.303 e. The van der Waals surface area contributed by atoms with Gasteiger partial charge in [-0.05, 0) is 34.2 Å². The zero-order chi connectivity index (χ0) is 14.8. The van der Waals surface area contributed by atoms with E-state index in [9.17, 15) is 4.79 Å². The van der Waals surface area contributed by atoms with Gasteiger partial charge < -0.3 is 5.11 Å². The summed E-state index contributed by atoms with van der Waals surface area (Å²) >= 11 is 0. The van der Waals surface area contributed by atoms with Crippen LogP contribution in [-0.4, -0.2) is 31.3 Å². The van der Waals surface area contributed by atoms with Crippen LogP contribution in [0, 0.1) is 5.92 Å². The average molecular weight is 286 g/mol. The van der Waals surface area contributed by atoms with Crippen LogP contribution in [0.5, 0.6) is 0 Å². The highest BCUT2D eigenvalue weighted by Gasteiger charge is 2.43. The molecule has 0 amide bonds. The molecule has 1 saturated carbocycles. The van der Waals surface area contributed by atoms with Crippen molar-refractivity contribution in [2.45, 2.75) is 38.1 Å². The van der Waals surface area contributed by atoms with Crippen molar-refractivity contribution < 1.29 is 9.90 Å². The van der Waals surface area contributed by atoms with Crippen molar-refractivity contribution in [1.82, 2.24) is 20.2 Å². The molecule has 1 fully saturated rings. The lowest BCUT2D eigenvalue weighted by Crippen LogP contribution is -2.15. The molecule has 3 atom stereocenters. The van der Waals surface area contributed by atoms with E-state index in [-0.39, 0.29) is 12.3 Å². The standard InChI is InChI=1S/C15H18N4O2/c1-10(7-14(20)21)9-19-15(16-17-18-19)13-8-12(13)11-5-3-2-4-6-11/h2-6,10,12-13H,7-9H2,1H3,(H,20,21). The Labute approximate surface area is 122 Å². The molecule has 1 aromatic heterocycles. The van der Waals surface area contributed by atoms with E-state index < -0.39 is 5.97 Å². The smallest absolute Gasteiger partial charge is 0.303 e. The number of benzene rings is 1.